The summed E-state index contributed by atoms with van der Waals surface area (Å²) in [6, 6.07) is 4.15. The third-order valence-electron chi connectivity index (χ3n) is 14.7. The van der Waals surface area contributed by atoms with Crippen molar-refractivity contribution in [3.63, 3.8) is 0 Å². The first-order valence-electron chi connectivity index (χ1n) is 17.4. The molecule has 6 aliphatic rings. The molecule has 0 spiro atoms. The maximum absolute atomic E-state index is 14.2. The van der Waals surface area contributed by atoms with Crippen LogP contribution in [0.2, 0.25) is 0 Å². The van der Waals surface area contributed by atoms with Gasteiger partial charge in [-0.3, -0.25) is 4.79 Å². The molecular weight excluding hydrogens is 566 g/mol. The molecule has 244 valence electrons. The Balaban J connectivity index is 1.24. The molecule has 0 bridgehead atoms. The Morgan fingerprint density at radius 1 is 1.00 bits per heavy atom. The van der Waals surface area contributed by atoms with Crippen LogP contribution in [0.1, 0.15) is 115 Å². The quantitative estimate of drug-likeness (QED) is 0.366. The summed E-state index contributed by atoms with van der Waals surface area (Å²) in [5, 5.41) is 23.8. The molecule has 1 aromatic carbocycles. The number of rotatable bonds is 2. The van der Waals surface area contributed by atoms with Crippen LogP contribution >= 0.6 is 0 Å². The summed E-state index contributed by atoms with van der Waals surface area (Å²) in [5.41, 5.74) is 2.27. The van der Waals surface area contributed by atoms with Crippen LogP contribution in [-0.4, -0.2) is 62.4 Å². The van der Waals surface area contributed by atoms with Crippen LogP contribution < -0.4 is 0 Å². The fourth-order valence-corrected chi connectivity index (χ4v) is 12.4. The Hall–Kier alpha value is -2.06. The Morgan fingerprint density at radius 3 is 2.42 bits per heavy atom. The van der Waals surface area contributed by atoms with E-state index < -0.39 is 40.5 Å². The summed E-state index contributed by atoms with van der Waals surface area (Å²) in [5.74, 6) is 0.535. The van der Waals surface area contributed by atoms with E-state index in [1.165, 1.54) is 22.2 Å². The maximum Gasteiger partial charge on any atom is 0.169 e. The lowest BCUT2D eigenvalue weighted by molar-refractivity contribution is -0.271. The fourth-order valence-electron chi connectivity index (χ4n) is 12.4. The van der Waals surface area contributed by atoms with Crippen molar-refractivity contribution < 1.29 is 29.3 Å². The number of fused-ring (bicyclic) bond motifs is 12. The summed E-state index contributed by atoms with van der Waals surface area (Å²) >= 11 is 0. The lowest BCUT2D eigenvalue weighted by Gasteiger charge is -2.67. The van der Waals surface area contributed by atoms with Crippen LogP contribution in [0.5, 0.6) is 0 Å². The maximum atomic E-state index is 14.2. The zero-order valence-corrected chi connectivity index (χ0v) is 28.3. The molecule has 3 N–H and O–H groups in total. The molecule has 8 rings (SSSR count). The van der Waals surface area contributed by atoms with Crippen molar-refractivity contribution in [2.24, 2.45) is 34.5 Å². The van der Waals surface area contributed by atoms with Gasteiger partial charge in [0.15, 0.2) is 5.78 Å². The van der Waals surface area contributed by atoms with E-state index in [2.05, 4.69) is 52.6 Å². The summed E-state index contributed by atoms with van der Waals surface area (Å²) in [6.45, 7) is 16.6. The molecule has 2 saturated carbocycles. The predicted octanol–water partition coefficient (Wildman–Crippen LogP) is 5.84. The SMILES string of the molecule is CC1(C)OC(C)(C)C2C(=O)c3ccc4[nH]c5c(c4c3CC21)CC1CCC2C3(C=O)C(CC[C@]2(C)[C@@]51C)O[C@H](C(C)(C)O)C[C@H]3O. The molecule has 7 heteroatoms. The minimum absolute atomic E-state index is 0.0486. The van der Waals surface area contributed by atoms with Gasteiger partial charge < -0.3 is 29.5 Å². The van der Waals surface area contributed by atoms with E-state index >= 15 is 0 Å². The number of carbonyl (C=O) groups excluding carboxylic acids is 2. The van der Waals surface area contributed by atoms with Gasteiger partial charge in [-0.25, -0.2) is 0 Å². The van der Waals surface area contributed by atoms with Gasteiger partial charge in [0, 0.05) is 39.9 Å². The van der Waals surface area contributed by atoms with Gasteiger partial charge in [0.1, 0.15) is 6.29 Å². The first kappa shape index (κ1) is 30.3. The second-order valence-corrected chi connectivity index (χ2v) is 17.8. The molecule has 10 atom stereocenters. The molecule has 2 aromatic rings. The summed E-state index contributed by atoms with van der Waals surface area (Å²) in [4.78, 5) is 31.4. The predicted molar refractivity (Wildman–Crippen MR) is 171 cm³/mol. The second kappa shape index (κ2) is 8.89. The lowest BCUT2D eigenvalue weighted by Crippen LogP contribution is -2.70. The van der Waals surface area contributed by atoms with Crippen molar-refractivity contribution in [2.75, 3.05) is 0 Å². The van der Waals surface area contributed by atoms with Crippen molar-refractivity contribution in [1.82, 2.24) is 4.98 Å². The average Bonchev–Trinajstić information content (AvgIpc) is 3.52. The Labute approximate surface area is 266 Å². The van der Waals surface area contributed by atoms with Gasteiger partial charge in [0.05, 0.1) is 46.4 Å². The molecule has 7 nitrogen and oxygen atoms in total. The minimum Gasteiger partial charge on any atom is -0.392 e. The van der Waals surface area contributed by atoms with Gasteiger partial charge in [-0.05, 0) is 121 Å². The fraction of sp³-hybridized carbons (Fsp3) is 0.737. The number of hydrogen-bond donors (Lipinski definition) is 3. The highest BCUT2D eigenvalue weighted by Gasteiger charge is 2.71. The van der Waals surface area contributed by atoms with Gasteiger partial charge in [-0.2, -0.15) is 0 Å². The van der Waals surface area contributed by atoms with Gasteiger partial charge in [0.25, 0.3) is 0 Å². The number of nitrogens with one attached hydrogen (secondary N) is 1. The highest BCUT2D eigenvalue weighted by molar-refractivity contribution is 6.06. The number of benzene rings is 1. The van der Waals surface area contributed by atoms with Crippen molar-refractivity contribution >= 4 is 23.0 Å². The van der Waals surface area contributed by atoms with Crippen LogP contribution in [0.4, 0.5) is 0 Å². The minimum atomic E-state index is -1.10. The third-order valence-corrected chi connectivity index (χ3v) is 14.7. The molecule has 6 unspecified atom stereocenters. The molecule has 0 radical (unpaired) electrons. The molecule has 4 aliphatic carbocycles. The van der Waals surface area contributed by atoms with E-state index in [0.29, 0.717) is 12.3 Å². The third kappa shape index (κ3) is 3.52. The summed E-state index contributed by atoms with van der Waals surface area (Å²) in [7, 11) is 0. The van der Waals surface area contributed by atoms with Gasteiger partial charge in [-0.1, -0.05) is 13.8 Å². The van der Waals surface area contributed by atoms with Crippen LogP contribution in [0.15, 0.2) is 12.1 Å². The normalized spacial score (nSPS) is 44.4. The monoisotopic (exact) mass is 617 g/mol. The van der Waals surface area contributed by atoms with Crippen molar-refractivity contribution in [3.05, 3.63) is 34.5 Å². The average molecular weight is 618 g/mol. The van der Waals surface area contributed by atoms with Gasteiger partial charge in [-0.15, -0.1) is 0 Å². The zero-order valence-electron chi connectivity index (χ0n) is 28.3. The first-order valence-corrected chi connectivity index (χ1v) is 17.4. The smallest absolute Gasteiger partial charge is 0.169 e. The van der Waals surface area contributed by atoms with E-state index in [9.17, 15) is 19.8 Å². The number of aldehydes is 1. The van der Waals surface area contributed by atoms with E-state index in [0.717, 1.165) is 49.5 Å². The largest absolute Gasteiger partial charge is 0.392 e. The topological polar surface area (TPSA) is 109 Å². The number of aromatic nitrogens is 1. The lowest BCUT2D eigenvalue weighted by atomic mass is 9.39. The molecule has 3 heterocycles. The van der Waals surface area contributed by atoms with E-state index in [1.807, 2.05) is 6.07 Å². The summed E-state index contributed by atoms with van der Waals surface area (Å²) < 4.78 is 13.1. The number of carbonyl (C=O) groups is 2. The molecule has 4 fully saturated rings. The number of aliphatic hydroxyl groups is 2. The van der Waals surface area contributed by atoms with Crippen molar-refractivity contribution in [1.29, 1.82) is 0 Å². The Morgan fingerprint density at radius 2 is 1.73 bits per heavy atom. The van der Waals surface area contributed by atoms with Crippen molar-refractivity contribution in [2.45, 2.75) is 141 Å². The molecular formula is C38H51NO6. The number of ether oxygens (including phenoxy) is 2. The summed E-state index contributed by atoms with van der Waals surface area (Å²) in [6.07, 6.45) is 4.65. The number of ketones is 1. The highest BCUT2D eigenvalue weighted by Crippen LogP contribution is 2.71. The number of aromatic amines is 1. The first-order chi connectivity index (χ1) is 20.9. The molecule has 0 amide bonds. The standard InChI is InChI=1S/C38H51NO6/c1-33(2,43)28-17-26(41)38(18-40)25-12-9-19-15-22-29-21-16-23-30(35(5,6)45-34(23,3)4)31(42)20(21)10-11-24(29)39-32(22)37(19,8)36(25,7)14-13-27(38)44-28/h10-11,18-19,23,25-28,30,39,41,43H,9,12-17H2,1-8H3/t19?,23?,25?,26-,27?,28+,30?,36+,37-,38?/m1/s1. The molecule has 45 heavy (non-hydrogen) atoms. The van der Waals surface area contributed by atoms with Crippen molar-refractivity contribution in [3.8, 4) is 0 Å². The van der Waals surface area contributed by atoms with E-state index in [-0.39, 0.29) is 40.8 Å². The number of H-pyrrole nitrogens is 1. The van der Waals surface area contributed by atoms with Gasteiger partial charge in [0.2, 0.25) is 0 Å². The zero-order chi connectivity index (χ0) is 32.3. The van der Waals surface area contributed by atoms with E-state index in [1.54, 1.807) is 13.8 Å². The van der Waals surface area contributed by atoms with Crippen LogP contribution in [-0.2, 0) is 32.5 Å². The second-order valence-electron chi connectivity index (χ2n) is 17.8. The van der Waals surface area contributed by atoms with E-state index in [4.69, 9.17) is 9.47 Å². The molecule has 2 saturated heterocycles. The van der Waals surface area contributed by atoms with Crippen LogP contribution in [0.25, 0.3) is 10.9 Å². The van der Waals surface area contributed by atoms with Crippen LogP contribution in [0, 0.1) is 34.5 Å². The molecule has 1 aromatic heterocycles. The Bertz CT molecular complexity index is 1630. The van der Waals surface area contributed by atoms with Crippen LogP contribution in [0.3, 0.4) is 0 Å². The number of hydrogen-bond acceptors (Lipinski definition) is 6. The van der Waals surface area contributed by atoms with Gasteiger partial charge >= 0.3 is 0 Å². The Kier molecular flexibility index (Phi) is 5.98. The number of aliphatic hydroxyl groups excluding tert-OH is 1. The molecule has 2 aliphatic heterocycles. The highest BCUT2D eigenvalue weighted by atomic mass is 16.5. The number of Topliss-reactive ketones (excluding diaryl/α,β-unsaturated/α-hetero) is 1.